The smallest absolute Gasteiger partial charge is 0.250 e. The molecule has 1 N–H and O–H groups in total. The molecule has 132 valence electrons. The molecule has 25 heavy (non-hydrogen) atoms. The fraction of sp³-hybridized carbons (Fsp3) is 0.263. The molecule has 2 rings (SSSR count). The van der Waals surface area contributed by atoms with Crippen LogP contribution < -0.4 is 10.2 Å². The molecule has 0 atom stereocenters. The van der Waals surface area contributed by atoms with E-state index in [4.69, 9.17) is 16.3 Å². The van der Waals surface area contributed by atoms with Gasteiger partial charge in [0, 0.05) is 10.8 Å². The van der Waals surface area contributed by atoms with E-state index >= 15 is 0 Å². The monoisotopic (exact) mass is 376 g/mol. The van der Waals surface area contributed by atoms with Crippen molar-refractivity contribution in [2.75, 3.05) is 12.4 Å². The third-order valence-electron chi connectivity index (χ3n) is 3.20. The average molecular weight is 377 g/mol. The molecular weight excluding hydrogens is 356 g/mol. The van der Waals surface area contributed by atoms with E-state index in [0.717, 1.165) is 28.3 Å². The minimum Gasteiger partial charge on any atom is -0.494 e. The second-order valence-corrected chi connectivity index (χ2v) is 6.69. The van der Waals surface area contributed by atoms with Crippen molar-refractivity contribution in [3.8, 4) is 5.75 Å². The molecule has 0 bridgehead atoms. The molecule has 6 heteroatoms. The maximum absolute atomic E-state index is 11.8. The lowest BCUT2D eigenvalue weighted by atomic mass is 10.2. The number of rotatable bonds is 9. The third kappa shape index (κ3) is 7.20. The van der Waals surface area contributed by atoms with Crippen LogP contribution >= 0.6 is 23.4 Å². The van der Waals surface area contributed by atoms with Gasteiger partial charge in [-0.25, -0.2) is 5.43 Å². The van der Waals surface area contributed by atoms with Crippen LogP contribution in [-0.4, -0.2) is 24.5 Å². The summed E-state index contributed by atoms with van der Waals surface area (Å²) in [7, 11) is 0. The van der Waals surface area contributed by atoms with Crippen molar-refractivity contribution < 1.29 is 9.53 Å². The summed E-state index contributed by atoms with van der Waals surface area (Å²) in [6, 6.07) is 15.2. The number of nitrogens with zero attached hydrogens (tertiary/aromatic N) is 1. The fourth-order valence-electron chi connectivity index (χ4n) is 1.95. The van der Waals surface area contributed by atoms with E-state index in [9.17, 15) is 4.79 Å². The van der Waals surface area contributed by atoms with Crippen molar-refractivity contribution in [3.05, 3.63) is 64.7 Å². The highest BCUT2D eigenvalue weighted by atomic mass is 35.5. The van der Waals surface area contributed by atoms with Crippen molar-refractivity contribution in [2.45, 2.75) is 19.1 Å². The molecule has 0 aliphatic carbocycles. The number of ether oxygens (including phenoxy) is 1. The van der Waals surface area contributed by atoms with E-state index in [0.29, 0.717) is 18.1 Å². The van der Waals surface area contributed by atoms with Crippen LogP contribution in [-0.2, 0) is 10.5 Å². The summed E-state index contributed by atoms with van der Waals surface area (Å²) in [6.45, 7) is 2.77. The lowest BCUT2D eigenvalue weighted by Crippen LogP contribution is -2.19. The van der Waals surface area contributed by atoms with Gasteiger partial charge in [0.2, 0.25) is 5.91 Å². The van der Waals surface area contributed by atoms with Crippen LogP contribution in [0, 0.1) is 0 Å². The minimum absolute atomic E-state index is 0.142. The molecule has 0 spiro atoms. The summed E-state index contributed by atoms with van der Waals surface area (Å²) in [6.07, 6.45) is 2.59. The number of hydrogen-bond acceptors (Lipinski definition) is 4. The Bertz CT molecular complexity index is 705. The SMILES string of the molecule is CCCOc1ccc(/C=N\NC(=O)CSCc2ccccc2Cl)cc1. The normalized spacial score (nSPS) is 10.8. The van der Waals surface area contributed by atoms with Crippen LogP contribution in [0.5, 0.6) is 5.75 Å². The predicted molar refractivity (Wildman–Crippen MR) is 106 cm³/mol. The van der Waals surface area contributed by atoms with Crippen LogP contribution in [0.25, 0.3) is 0 Å². The van der Waals surface area contributed by atoms with Crippen molar-refractivity contribution in [1.82, 2.24) is 5.43 Å². The van der Waals surface area contributed by atoms with Crippen LogP contribution in [0.1, 0.15) is 24.5 Å². The number of hydrogen-bond donors (Lipinski definition) is 1. The van der Waals surface area contributed by atoms with Crippen molar-refractivity contribution in [1.29, 1.82) is 0 Å². The first-order valence-electron chi connectivity index (χ1n) is 8.05. The van der Waals surface area contributed by atoms with Gasteiger partial charge in [0.1, 0.15) is 5.75 Å². The maximum atomic E-state index is 11.8. The second kappa shape index (κ2) is 10.8. The number of nitrogens with one attached hydrogen (secondary N) is 1. The number of carbonyl (C=O) groups is 1. The molecule has 2 aromatic rings. The zero-order chi connectivity index (χ0) is 17.9. The molecule has 0 radical (unpaired) electrons. The predicted octanol–water partition coefficient (Wildman–Crippen LogP) is 4.51. The molecule has 0 saturated heterocycles. The number of benzene rings is 2. The van der Waals surface area contributed by atoms with Crippen LogP contribution in [0.15, 0.2) is 53.6 Å². The zero-order valence-electron chi connectivity index (χ0n) is 14.1. The van der Waals surface area contributed by atoms with Gasteiger partial charge in [-0.3, -0.25) is 4.79 Å². The van der Waals surface area contributed by atoms with E-state index < -0.39 is 0 Å². The van der Waals surface area contributed by atoms with E-state index in [1.807, 2.05) is 48.5 Å². The van der Waals surface area contributed by atoms with Gasteiger partial charge in [-0.05, 0) is 47.9 Å². The highest BCUT2D eigenvalue weighted by Gasteiger charge is 2.03. The first kappa shape index (κ1) is 19.3. The van der Waals surface area contributed by atoms with Gasteiger partial charge in [-0.15, -0.1) is 11.8 Å². The first-order chi connectivity index (χ1) is 12.2. The van der Waals surface area contributed by atoms with Crippen LogP contribution in [0.4, 0.5) is 0 Å². The van der Waals surface area contributed by atoms with E-state index in [1.165, 1.54) is 11.8 Å². The molecule has 0 fully saturated rings. The molecular formula is C19H21ClN2O2S. The molecule has 0 aliphatic rings. The number of thioether (sulfide) groups is 1. The Kier molecular flexibility index (Phi) is 8.35. The summed E-state index contributed by atoms with van der Waals surface area (Å²) < 4.78 is 5.52. The lowest BCUT2D eigenvalue weighted by Gasteiger charge is -2.04. The summed E-state index contributed by atoms with van der Waals surface area (Å²) in [4.78, 5) is 11.8. The topological polar surface area (TPSA) is 50.7 Å². The van der Waals surface area contributed by atoms with E-state index in [-0.39, 0.29) is 5.91 Å². The van der Waals surface area contributed by atoms with Crippen molar-refractivity contribution in [2.24, 2.45) is 5.10 Å². The molecule has 2 aromatic carbocycles. The van der Waals surface area contributed by atoms with Crippen molar-refractivity contribution in [3.63, 3.8) is 0 Å². The first-order valence-corrected chi connectivity index (χ1v) is 9.58. The number of hydrazone groups is 1. The fourth-order valence-corrected chi connectivity index (χ4v) is 3.06. The van der Waals surface area contributed by atoms with Gasteiger partial charge < -0.3 is 4.74 Å². The van der Waals surface area contributed by atoms with Crippen LogP contribution in [0.3, 0.4) is 0 Å². The van der Waals surface area contributed by atoms with Gasteiger partial charge in [0.05, 0.1) is 18.6 Å². The molecule has 0 aromatic heterocycles. The van der Waals surface area contributed by atoms with E-state index in [2.05, 4.69) is 17.5 Å². The largest absolute Gasteiger partial charge is 0.494 e. The average Bonchev–Trinajstić information content (AvgIpc) is 2.63. The third-order valence-corrected chi connectivity index (χ3v) is 4.55. The minimum atomic E-state index is -0.142. The number of carbonyl (C=O) groups excluding carboxylic acids is 1. The summed E-state index contributed by atoms with van der Waals surface area (Å²) in [5, 5.41) is 4.69. The van der Waals surface area contributed by atoms with Gasteiger partial charge in [-0.2, -0.15) is 5.10 Å². The Hall–Kier alpha value is -1.98. The molecule has 0 heterocycles. The Morgan fingerprint density at radius 1 is 1.24 bits per heavy atom. The molecule has 0 saturated carbocycles. The summed E-state index contributed by atoms with van der Waals surface area (Å²) in [5.74, 6) is 1.71. The Morgan fingerprint density at radius 3 is 2.72 bits per heavy atom. The second-order valence-electron chi connectivity index (χ2n) is 5.29. The quantitative estimate of drug-likeness (QED) is 0.517. The Morgan fingerprint density at radius 2 is 2.00 bits per heavy atom. The number of halogens is 1. The highest BCUT2D eigenvalue weighted by molar-refractivity contribution is 7.99. The Balaban J connectivity index is 1.70. The molecule has 4 nitrogen and oxygen atoms in total. The highest BCUT2D eigenvalue weighted by Crippen LogP contribution is 2.20. The van der Waals surface area contributed by atoms with Gasteiger partial charge in [0.25, 0.3) is 0 Å². The molecule has 1 amide bonds. The summed E-state index contributed by atoms with van der Waals surface area (Å²) >= 11 is 7.58. The van der Waals surface area contributed by atoms with Gasteiger partial charge in [-0.1, -0.05) is 36.7 Å². The van der Waals surface area contributed by atoms with E-state index in [1.54, 1.807) is 6.21 Å². The number of amides is 1. The lowest BCUT2D eigenvalue weighted by molar-refractivity contribution is -0.118. The maximum Gasteiger partial charge on any atom is 0.250 e. The standard InChI is InChI=1S/C19H21ClN2O2S/c1-2-11-24-17-9-7-15(8-10-17)12-21-22-19(23)14-25-13-16-5-3-4-6-18(16)20/h3-10,12H,2,11,13-14H2,1H3,(H,22,23)/b21-12-. The molecule has 0 aliphatic heterocycles. The molecule has 0 unspecified atom stereocenters. The van der Waals surface area contributed by atoms with Crippen molar-refractivity contribution >= 4 is 35.5 Å². The zero-order valence-corrected chi connectivity index (χ0v) is 15.6. The van der Waals surface area contributed by atoms with Crippen LogP contribution in [0.2, 0.25) is 5.02 Å². The van der Waals surface area contributed by atoms with Gasteiger partial charge in [0.15, 0.2) is 0 Å². The summed E-state index contributed by atoms with van der Waals surface area (Å²) in [5.41, 5.74) is 4.45. The Labute approximate surface area is 157 Å². The van der Waals surface area contributed by atoms with Gasteiger partial charge >= 0.3 is 0 Å².